The van der Waals surface area contributed by atoms with Crippen LogP contribution in [-0.4, -0.2) is 44.5 Å². The number of aromatic nitrogens is 4. The molecule has 3 rings (SSSR count). The molecule has 1 aromatic carbocycles. The highest BCUT2D eigenvalue weighted by Crippen LogP contribution is 2.37. The summed E-state index contributed by atoms with van der Waals surface area (Å²) in [5.74, 6) is 2.22. The Hall–Kier alpha value is -3.36. The smallest absolute Gasteiger partial charge is 0.323 e. The number of carbonyl (C=O) groups excluding carboxylic acids is 1. The van der Waals surface area contributed by atoms with Crippen LogP contribution >= 0.6 is 0 Å². The molecule has 0 unspecified atom stereocenters. The van der Waals surface area contributed by atoms with Crippen molar-refractivity contribution in [2.75, 3.05) is 19.0 Å². The summed E-state index contributed by atoms with van der Waals surface area (Å²) >= 11 is 0. The average molecular weight is 384 g/mol. The Morgan fingerprint density at radius 3 is 2.71 bits per heavy atom. The van der Waals surface area contributed by atoms with Crippen molar-refractivity contribution < 1.29 is 14.1 Å². The maximum absolute atomic E-state index is 12.9. The number of amides is 2. The topological polar surface area (TPSA) is 98.3 Å². The molecule has 0 bridgehead atoms. The zero-order valence-electron chi connectivity index (χ0n) is 16.7. The van der Waals surface area contributed by atoms with E-state index in [1.54, 1.807) is 30.7 Å². The number of rotatable bonds is 6. The number of benzene rings is 1. The van der Waals surface area contributed by atoms with E-state index in [2.05, 4.69) is 20.6 Å². The Morgan fingerprint density at radius 2 is 2.07 bits per heavy atom. The minimum atomic E-state index is -0.280. The van der Waals surface area contributed by atoms with E-state index in [0.29, 0.717) is 29.8 Å². The molecule has 1 N–H and O–H groups in total. The minimum Gasteiger partial charge on any atom is -0.496 e. The number of para-hydroxylation sites is 1. The number of methoxy groups -OCH3 is 1. The van der Waals surface area contributed by atoms with Gasteiger partial charge in [-0.1, -0.05) is 23.4 Å². The molecule has 0 aliphatic rings. The van der Waals surface area contributed by atoms with Crippen molar-refractivity contribution in [1.29, 1.82) is 0 Å². The van der Waals surface area contributed by atoms with E-state index in [1.807, 2.05) is 38.1 Å². The van der Waals surface area contributed by atoms with Crippen LogP contribution in [0.4, 0.5) is 10.6 Å². The number of urea groups is 1. The predicted octanol–water partition coefficient (Wildman–Crippen LogP) is 3.15. The fourth-order valence-electron chi connectivity index (χ4n) is 3.05. The van der Waals surface area contributed by atoms with Crippen molar-refractivity contribution in [3.8, 4) is 16.9 Å². The lowest BCUT2D eigenvalue weighted by molar-refractivity contribution is 0.203. The van der Waals surface area contributed by atoms with Gasteiger partial charge in [0.25, 0.3) is 0 Å². The van der Waals surface area contributed by atoms with Crippen molar-refractivity contribution in [1.82, 2.24) is 24.8 Å². The molecule has 9 heteroatoms. The third-order valence-corrected chi connectivity index (χ3v) is 4.39. The fraction of sp³-hybridized carbons (Fsp3) is 0.368. The summed E-state index contributed by atoms with van der Waals surface area (Å²) in [5, 5.41) is 11.2. The molecule has 148 valence electrons. The molecule has 0 saturated carbocycles. The second-order valence-electron chi connectivity index (χ2n) is 6.31. The van der Waals surface area contributed by atoms with Gasteiger partial charge in [0.05, 0.1) is 18.4 Å². The summed E-state index contributed by atoms with van der Waals surface area (Å²) in [6.45, 7) is 6.23. The van der Waals surface area contributed by atoms with Crippen LogP contribution in [0, 0.1) is 13.8 Å². The summed E-state index contributed by atoms with van der Waals surface area (Å²) in [6, 6.07) is 7.36. The Kier molecular flexibility index (Phi) is 5.62. The maximum Gasteiger partial charge on any atom is 0.323 e. The highest BCUT2D eigenvalue weighted by Gasteiger charge is 2.23. The fourth-order valence-corrected chi connectivity index (χ4v) is 3.05. The Morgan fingerprint density at radius 1 is 1.32 bits per heavy atom. The first kappa shape index (κ1) is 19.4. The quantitative estimate of drug-likeness (QED) is 0.701. The Labute approximate surface area is 163 Å². The van der Waals surface area contributed by atoms with Gasteiger partial charge in [-0.15, -0.1) is 0 Å². The van der Waals surface area contributed by atoms with E-state index >= 15 is 0 Å². The van der Waals surface area contributed by atoms with Crippen molar-refractivity contribution in [3.63, 3.8) is 0 Å². The molecular formula is C19H24N6O3. The summed E-state index contributed by atoms with van der Waals surface area (Å²) in [6.07, 6.45) is 0. The average Bonchev–Trinajstić information content (AvgIpc) is 3.21. The van der Waals surface area contributed by atoms with Crippen LogP contribution in [0.1, 0.15) is 24.3 Å². The monoisotopic (exact) mass is 384 g/mol. The first-order valence-corrected chi connectivity index (χ1v) is 8.96. The second kappa shape index (κ2) is 8.12. The van der Waals surface area contributed by atoms with Crippen molar-refractivity contribution in [3.05, 3.63) is 41.7 Å². The van der Waals surface area contributed by atoms with Crippen LogP contribution < -0.4 is 10.1 Å². The summed E-state index contributed by atoms with van der Waals surface area (Å²) < 4.78 is 12.3. The number of hydrogen-bond acceptors (Lipinski definition) is 6. The molecule has 3 aromatic rings. The highest BCUT2D eigenvalue weighted by molar-refractivity contribution is 5.94. The number of anilines is 1. The molecule has 0 radical (unpaired) electrons. The van der Waals surface area contributed by atoms with E-state index < -0.39 is 0 Å². The number of ether oxygens (including phenoxy) is 1. The van der Waals surface area contributed by atoms with Crippen LogP contribution in [0.5, 0.6) is 5.75 Å². The molecule has 28 heavy (non-hydrogen) atoms. The predicted molar refractivity (Wildman–Crippen MR) is 104 cm³/mol. The molecule has 2 aromatic heterocycles. The molecule has 0 fully saturated rings. The molecule has 0 saturated heterocycles. The zero-order chi connectivity index (χ0) is 20.3. The van der Waals surface area contributed by atoms with Gasteiger partial charge >= 0.3 is 6.03 Å². The van der Waals surface area contributed by atoms with E-state index in [0.717, 1.165) is 16.8 Å². The van der Waals surface area contributed by atoms with E-state index in [1.165, 1.54) is 0 Å². The van der Waals surface area contributed by atoms with Crippen LogP contribution in [0.3, 0.4) is 0 Å². The van der Waals surface area contributed by atoms with Crippen molar-refractivity contribution in [2.24, 2.45) is 7.05 Å². The zero-order valence-corrected chi connectivity index (χ0v) is 16.7. The van der Waals surface area contributed by atoms with Crippen molar-refractivity contribution in [2.45, 2.75) is 27.3 Å². The lowest BCUT2D eigenvalue weighted by atomic mass is 10.0. The number of hydrogen-bond donors (Lipinski definition) is 1. The van der Waals surface area contributed by atoms with Crippen LogP contribution in [0.2, 0.25) is 0 Å². The van der Waals surface area contributed by atoms with Gasteiger partial charge in [-0.3, -0.25) is 10.00 Å². The lowest BCUT2D eigenvalue weighted by Crippen LogP contribution is -2.35. The maximum atomic E-state index is 12.9. The number of nitrogens with zero attached hydrogens (tertiary/aromatic N) is 5. The van der Waals surface area contributed by atoms with Gasteiger partial charge in [0.1, 0.15) is 18.1 Å². The van der Waals surface area contributed by atoms with E-state index in [9.17, 15) is 4.79 Å². The largest absolute Gasteiger partial charge is 0.496 e. The second-order valence-corrected chi connectivity index (χ2v) is 6.31. The molecule has 0 aliphatic carbocycles. The van der Waals surface area contributed by atoms with Gasteiger partial charge in [-0.25, -0.2) is 4.79 Å². The number of aryl methyl sites for hydroxylation is 3. The minimum absolute atomic E-state index is 0.226. The Balaban J connectivity index is 1.90. The highest BCUT2D eigenvalue weighted by atomic mass is 16.5. The first-order chi connectivity index (χ1) is 13.4. The van der Waals surface area contributed by atoms with Gasteiger partial charge in [0.2, 0.25) is 5.89 Å². The SMILES string of the molecule is CCN(Cc1nc(C)no1)C(=O)Nc1c(-c2ccccc2OC)c(C)nn1C. The molecule has 2 heterocycles. The molecule has 2 amide bonds. The normalized spacial score (nSPS) is 10.8. The van der Waals surface area contributed by atoms with Gasteiger partial charge in [-0.2, -0.15) is 10.1 Å². The number of nitrogens with one attached hydrogen (secondary N) is 1. The molecular weight excluding hydrogens is 360 g/mol. The van der Waals surface area contributed by atoms with Crippen LogP contribution in [0.15, 0.2) is 28.8 Å². The summed E-state index contributed by atoms with van der Waals surface area (Å²) in [4.78, 5) is 18.7. The number of carbonyl (C=O) groups is 1. The summed E-state index contributed by atoms with van der Waals surface area (Å²) in [5.41, 5.74) is 2.47. The standard InChI is InChI=1S/C19H24N6O3/c1-6-25(11-16-20-13(3)23-28-16)19(26)21-18-17(12(2)22-24(18)4)14-9-7-8-10-15(14)27-5/h7-10H,6,11H2,1-5H3,(H,21,26). The van der Waals surface area contributed by atoms with E-state index in [-0.39, 0.29) is 12.6 Å². The third kappa shape index (κ3) is 3.83. The lowest BCUT2D eigenvalue weighted by Gasteiger charge is -2.20. The van der Waals surface area contributed by atoms with Gasteiger partial charge < -0.3 is 14.2 Å². The summed E-state index contributed by atoms with van der Waals surface area (Å²) in [7, 11) is 3.41. The molecule has 0 aliphatic heterocycles. The van der Waals surface area contributed by atoms with Gasteiger partial charge in [-0.05, 0) is 26.8 Å². The van der Waals surface area contributed by atoms with Gasteiger partial charge in [0, 0.05) is 19.2 Å². The first-order valence-electron chi connectivity index (χ1n) is 8.96. The van der Waals surface area contributed by atoms with E-state index in [4.69, 9.17) is 9.26 Å². The molecule has 9 nitrogen and oxygen atoms in total. The van der Waals surface area contributed by atoms with Crippen LogP contribution in [0.25, 0.3) is 11.1 Å². The molecule has 0 spiro atoms. The Bertz CT molecular complexity index is 978. The third-order valence-electron chi connectivity index (χ3n) is 4.39. The van der Waals surface area contributed by atoms with Gasteiger partial charge in [0.15, 0.2) is 5.82 Å². The van der Waals surface area contributed by atoms with Crippen molar-refractivity contribution >= 4 is 11.8 Å². The molecule has 0 atom stereocenters. The van der Waals surface area contributed by atoms with Crippen LogP contribution in [-0.2, 0) is 13.6 Å².